The first kappa shape index (κ1) is 11.6. The third-order valence-corrected chi connectivity index (χ3v) is 2.67. The van der Waals surface area contributed by atoms with Crippen LogP contribution < -0.4 is 4.74 Å². The Hall–Kier alpha value is -0.450. The summed E-state index contributed by atoms with van der Waals surface area (Å²) in [5, 5.41) is 9.08. The summed E-state index contributed by atoms with van der Waals surface area (Å²) in [6, 6.07) is 3.00. The molecule has 1 aromatic carbocycles. The molecule has 0 saturated carbocycles. The lowest BCUT2D eigenvalue weighted by molar-refractivity contribution is -0.139. The molecule has 6 heteroatoms. The lowest BCUT2D eigenvalue weighted by atomic mass is 10.3. The number of carbonyl (C=O) groups is 1. The van der Waals surface area contributed by atoms with Crippen molar-refractivity contribution in [1.82, 2.24) is 0 Å². The summed E-state index contributed by atoms with van der Waals surface area (Å²) >= 11 is 14.6. The SMILES string of the molecule is O=C(O)COc1cc(Cl)c(Cl)cc1Br. The summed E-state index contributed by atoms with van der Waals surface area (Å²) in [6.45, 7) is -0.420. The van der Waals surface area contributed by atoms with E-state index in [1.165, 1.54) is 6.07 Å². The number of halogens is 3. The summed E-state index contributed by atoms with van der Waals surface area (Å²) in [6.07, 6.45) is 0. The second-order valence-corrected chi connectivity index (χ2v) is 4.05. The predicted octanol–water partition coefficient (Wildman–Crippen LogP) is 3.22. The lowest BCUT2D eigenvalue weighted by Gasteiger charge is -2.06. The molecule has 0 aromatic heterocycles. The van der Waals surface area contributed by atoms with Crippen LogP contribution in [0.4, 0.5) is 0 Å². The largest absolute Gasteiger partial charge is 0.481 e. The maximum absolute atomic E-state index is 10.2. The van der Waals surface area contributed by atoms with Crippen LogP contribution in [0.15, 0.2) is 16.6 Å². The average molecular weight is 300 g/mol. The number of hydrogen-bond acceptors (Lipinski definition) is 2. The summed E-state index contributed by atoms with van der Waals surface area (Å²) in [7, 11) is 0. The van der Waals surface area contributed by atoms with Crippen molar-refractivity contribution in [2.45, 2.75) is 0 Å². The van der Waals surface area contributed by atoms with E-state index < -0.39 is 12.6 Å². The zero-order chi connectivity index (χ0) is 10.7. The Morgan fingerprint density at radius 2 is 2.00 bits per heavy atom. The average Bonchev–Trinajstić information content (AvgIpc) is 2.09. The van der Waals surface area contributed by atoms with E-state index >= 15 is 0 Å². The van der Waals surface area contributed by atoms with E-state index in [1.54, 1.807) is 6.07 Å². The molecule has 0 aliphatic rings. The highest BCUT2D eigenvalue weighted by Gasteiger charge is 2.07. The predicted molar refractivity (Wildman–Crippen MR) is 57.3 cm³/mol. The molecule has 0 atom stereocenters. The fraction of sp³-hybridized carbons (Fsp3) is 0.125. The van der Waals surface area contributed by atoms with Gasteiger partial charge in [-0.15, -0.1) is 0 Å². The highest BCUT2D eigenvalue weighted by molar-refractivity contribution is 9.10. The van der Waals surface area contributed by atoms with E-state index in [0.29, 0.717) is 20.3 Å². The Morgan fingerprint density at radius 3 is 2.57 bits per heavy atom. The molecule has 0 aliphatic heterocycles. The van der Waals surface area contributed by atoms with Crippen LogP contribution in [-0.2, 0) is 4.79 Å². The fourth-order valence-electron chi connectivity index (χ4n) is 0.754. The van der Waals surface area contributed by atoms with Gasteiger partial charge in [0.2, 0.25) is 0 Å². The molecule has 0 saturated heterocycles. The summed E-state index contributed by atoms with van der Waals surface area (Å²) in [5.74, 6) is -0.704. The first-order valence-electron chi connectivity index (χ1n) is 3.50. The molecule has 76 valence electrons. The zero-order valence-corrected chi connectivity index (χ0v) is 9.86. The van der Waals surface area contributed by atoms with Gasteiger partial charge in [0.15, 0.2) is 6.61 Å². The van der Waals surface area contributed by atoms with Crippen LogP contribution in [0.5, 0.6) is 5.75 Å². The summed E-state index contributed by atoms with van der Waals surface area (Å²) < 4.78 is 5.51. The quantitative estimate of drug-likeness (QED) is 0.872. The van der Waals surface area contributed by atoms with Crippen LogP contribution in [0, 0.1) is 0 Å². The Kier molecular flexibility index (Phi) is 4.04. The van der Waals surface area contributed by atoms with Crippen molar-refractivity contribution >= 4 is 45.1 Å². The standard InChI is InChI=1S/C8H5BrCl2O3/c9-4-1-5(10)6(11)2-7(4)14-3-8(12)13/h1-2H,3H2,(H,12,13). The van der Waals surface area contributed by atoms with E-state index in [1.807, 2.05) is 0 Å². The second-order valence-electron chi connectivity index (χ2n) is 2.38. The monoisotopic (exact) mass is 298 g/mol. The second kappa shape index (κ2) is 4.87. The van der Waals surface area contributed by atoms with Crippen molar-refractivity contribution in [2.75, 3.05) is 6.61 Å². The van der Waals surface area contributed by atoms with E-state index in [0.717, 1.165) is 0 Å². The molecule has 14 heavy (non-hydrogen) atoms. The molecule has 0 radical (unpaired) electrons. The van der Waals surface area contributed by atoms with Gasteiger partial charge in [-0.2, -0.15) is 0 Å². The van der Waals surface area contributed by atoms with Crippen LogP contribution in [0.2, 0.25) is 10.0 Å². The maximum atomic E-state index is 10.2. The lowest BCUT2D eigenvalue weighted by Crippen LogP contribution is -2.09. The molecular formula is C8H5BrCl2O3. The number of carboxylic acids is 1. The number of rotatable bonds is 3. The van der Waals surface area contributed by atoms with E-state index in [2.05, 4.69) is 15.9 Å². The minimum Gasteiger partial charge on any atom is -0.481 e. The normalized spacial score (nSPS) is 9.93. The first-order chi connectivity index (χ1) is 6.50. The molecule has 0 bridgehead atoms. The van der Waals surface area contributed by atoms with Gasteiger partial charge < -0.3 is 9.84 Å². The molecule has 1 aromatic rings. The van der Waals surface area contributed by atoms with Crippen LogP contribution in [0.3, 0.4) is 0 Å². The van der Waals surface area contributed by atoms with Crippen molar-refractivity contribution in [3.05, 3.63) is 26.7 Å². The highest BCUT2D eigenvalue weighted by atomic mass is 79.9. The third kappa shape index (κ3) is 3.04. The van der Waals surface area contributed by atoms with Gasteiger partial charge in [0.1, 0.15) is 5.75 Å². The molecule has 0 spiro atoms. The molecule has 1 N–H and O–H groups in total. The van der Waals surface area contributed by atoms with Gasteiger partial charge in [0.05, 0.1) is 14.5 Å². The number of ether oxygens (including phenoxy) is 1. The molecular weight excluding hydrogens is 295 g/mol. The molecule has 1 rings (SSSR count). The number of benzene rings is 1. The smallest absolute Gasteiger partial charge is 0.341 e. The summed E-state index contributed by atoms with van der Waals surface area (Å²) in [5.41, 5.74) is 0. The maximum Gasteiger partial charge on any atom is 0.341 e. The van der Waals surface area contributed by atoms with Crippen molar-refractivity contribution in [2.24, 2.45) is 0 Å². The van der Waals surface area contributed by atoms with E-state index in [9.17, 15) is 4.79 Å². The van der Waals surface area contributed by atoms with Gasteiger partial charge in [-0.25, -0.2) is 4.79 Å². The van der Waals surface area contributed by atoms with Crippen molar-refractivity contribution < 1.29 is 14.6 Å². The van der Waals surface area contributed by atoms with Gasteiger partial charge >= 0.3 is 5.97 Å². The van der Waals surface area contributed by atoms with Gasteiger partial charge in [-0.3, -0.25) is 0 Å². The Balaban J connectivity index is 2.87. The first-order valence-corrected chi connectivity index (χ1v) is 5.04. The zero-order valence-electron chi connectivity index (χ0n) is 6.76. The minimum absolute atomic E-state index is 0.315. The Labute approximate surface area is 98.7 Å². The van der Waals surface area contributed by atoms with Crippen LogP contribution >= 0.6 is 39.1 Å². The van der Waals surface area contributed by atoms with Crippen LogP contribution in [0.25, 0.3) is 0 Å². The number of hydrogen-bond donors (Lipinski definition) is 1. The van der Waals surface area contributed by atoms with Gasteiger partial charge in [0.25, 0.3) is 0 Å². The molecule has 0 heterocycles. The van der Waals surface area contributed by atoms with Gasteiger partial charge in [-0.1, -0.05) is 23.2 Å². The van der Waals surface area contributed by atoms with E-state index in [-0.39, 0.29) is 0 Å². The molecule has 0 aliphatic carbocycles. The van der Waals surface area contributed by atoms with Crippen molar-refractivity contribution in [1.29, 1.82) is 0 Å². The molecule has 0 amide bonds. The van der Waals surface area contributed by atoms with Crippen LogP contribution in [-0.4, -0.2) is 17.7 Å². The summed E-state index contributed by atoms with van der Waals surface area (Å²) in [4.78, 5) is 10.2. The minimum atomic E-state index is -1.05. The Bertz CT molecular complexity index is 368. The molecule has 0 fully saturated rings. The van der Waals surface area contributed by atoms with Crippen molar-refractivity contribution in [3.8, 4) is 5.75 Å². The van der Waals surface area contributed by atoms with Crippen molar-refractivity contribution in [3.63, 3.8) is 0 Å². The molecule has 0 unspecified atom stereocenters. The topological polar surface area (TPSA) is 46.5 Å². The molecule has 3 nitrogen and oxygen atoms in total. The Morgan fingerprint density at radius 1 is 1.43 bits per heavy atom. The number of aliphatic carboxylic acids is 1. The highest BCUT2D eigenvalue weighted by Crippen LogP contribution is 2.33. The van der Waals surface area contributed by atoms with Crippen LogP contribution in [0.1, 0.15) is 0 Å². The van der Waals surface area contributed by atoms with Gasteiger partial charge in [-0.05, 0) is 22.0 Å². The number of carboxylic acid groups (broad SMARTS) is 1. The fourth-order valence-corrected chi connectivity index (χ4v) is 1.66. The third-order valence-electron chi connectivity index (χ3n) is 1.33. The van der Waals surface area contributed by atoms with Gasteiger partial charge in [0, 0.05) is 6.07 Å². The van der Waals surface area contributed by atoms with E-state index in [4.69, 9.17) is 33.0 Å².